The Labute approximate surface area is 124 Å². The summed E-state index contributed by atoms with van der Waals surface area (Å²) in [5.41, 5.74) is 9.24. The summed E-state index contributed by atoms with van der Waals surface area (Å²) in [6, 6.07) is 10.3. The normalized spacial score (nSPS) is 12.8. The minimum atomic E-state index is -0.259. The fourth-order valence-electron chi connectivity index (χ4n) is 2.27. The maximum absolute atomic E-state index is 13.1. The van der Waals surface area contributed by atoms with Crippen molar-refractivity contribution >= 4 is 21.4 Å². The van der Waals surface area contributed by atoms with Crippen molar-refractivity contribution in [1.29, 1.82) is 0 Å². The number of pyridine rings is 1. The van der Waals surface area contributed by atoms with Crippen molar-refractivity contribution in [2.24, 2.45) is 5.73 Å². The summed E-state index contributed by atoms with van der Waals surface area (Å²) in [7, 11) is 0. The minimum Gasteiger partial charge on any atom is -0.324 e. The number of benzene rings is 1. The van der Waals surface area contributed by atoms with Crippen LogP contribution in [0.4, 0.5) is 4.39 Å². The van der Waals surface area contributed by atoms with Gasteiger partial charge >= 0.3 is 0 Å². The first-order chi connectivity index (χ1) is 9.65. The van der Waals surface area contributed by atoms with Gasteiger partial charge in [0.1, 0.15) is 5.82 Å². The van der Waals surface area contributed by atoms with E-state index >= 15 is 0 Å². The molecule has 3 aromatic rings. The van der Waals surface area contributed by atoms with E-state index in [4.69, 9.17) is 5.73 Å². The Morgan fingerprint density at radius 1 is 1.30 bits per heavy atom. The lowest BCUT2D eigenvalue weighted by atomic mass is 10.0. The Kier molecular flexibility index (Phi) is 3.54. The maximum Gasteiger partial charge on any atom is 0.124 e. The zero-order valence-corrected chi connectivity index (χ0v) is 12.2. The number of aromatic nitrogens is 2. The van der Waals surface area contributed by atoms with Crippen LogP contribution in [0.5, 0.6) is 0 Å². The van der Waals surface area contributed by atoms with Crippen LogP contribution in [-0.2, 0) is 6.42 Å². The Hall–Kier alpha value is -1.72. The average Bonchev–Trinajstić information content (AvgIpc) is 2.86. The van der Waals surface area contributed by atoms with Gasteiger partial charge in [-0.15, -0.1) is 0 Å². The number of nitrogens with two attached hydrogens (primary N) is 1. The Morgan fingerprint density at radius 2 is 2.15 bits per heavy atom. The second-order valence-electron chi connectivity index (χ2n) is 4.68. The van der Waals surface area contributed by atoms with E-state index in [1.807, 2.05) is 24.4 Å². The SMILES string of the molecule is NC(Cc1ccc(F)cc1Br)c1cnn2ccccc12. The van der Waals surface area contributed by atoms with E-state index in [9.17, 15) is 4.39 Å². The van der Waals surface area contributed by atoms with E-state index in [2.05, 4.69) is 21.0 Å². The van der Waals surface area contributed by atoms with Crippen LogP contribution in [0.15, 0.2) is 53.3 Å². The van der Waals surface area contributed by atoms with Gasteiger partial charge < -0.3 is 5.73 Å². The fraction of sp³-hybridized carbons (Fsp3) is 0.133. The number of hydrogen-bond donors (Lipinski definition) is 1. The van der Waals surface area contributed by atoms with E-state index in [0.29, 0.717) is 6.42 Å². The largest absolute Gasteiger partial charge is 0.324 e. The number of hydrogen-bond acceptors (Lipinski definition) is 2. The van der Waals surface area contributed by atoms with Gasteiger partial charge in [-0.3, -0.25) is 0 Å². The van der Waals surface area contributed by atoms with E-state index in [1.54, 1.807) is 16.8 Å². The van der Waals surface area contributed by atoms with Crippen molar-refractivity contribution in [3.63, 3.8) is 0 Å². The van der Waals surface area contributed by atoms with E-state index < -0.39 is 0 Å². The second-order valence-corrected chi connectivity index (χ2v) is 5.53. The number of halogens is 2. The van der Waals surface area contributed by atoms with Gasteiger partial charge in [0.25, 0.3) is 0 Å². The maximum atomic E-state index is 13.1. The first-order valence-corrected chi connectivity index (χ1v) is 7.06. The van der Waals surface area contributed by atoms with Crippen molar-refractivity contribution in [1.82, 2.24) is 9.61 Å². The monoisotopic (exact) mass is 333 g/mol. The molecule has 20 heavy (non-hydrogen) atoms. The molecule has 0 saturated heterocycles. The molecule has 0 aliphatic heterocycles. The highest BCUT2D eigenvalue weighted by molar-refractivity contribution is 9.10. The smallest absolute Gasteiger partial charge is 0.124 e. The molecule has 0 aliphatic carbocycles. The van der Waals surface area contributed by atoms with Crippen LogP contribution in [0.3, 0.4) is 0 Å². The van der Waals surface area contributed by atoms with Crippen LogP contribution in [0.1, 0.15) is 17.2 Å². The van der Waals surface area contributed by atoms with Crippen molar-refractivity contribution in [3.05, 3.63) is 70.2 Å². The molecule has 0 amide bonds. The number of nitrogens with zero attached hydrogens (tertiary/aromatic N) is 2. The summed E-state index contributed by atoms with van der Waals surface area (Å²) in [5.74, 6) is -0.259. The van der Waals surface area contributed by atoms with Crippen LogP contribution in [0.25, 0.3) is 5.52 Å². The molecule has 0 fully saturated rings. The van der Waals surface area contributed by atoms with Crippen molar-refractivity contribution in [3.8, 4) is 0 Å². The number of rotatable bonds is 3. The standard InChI is InChI=1S/C15H13BrFN3/c16-13-8-11(17)5-4-10(13)7-14(18)12-9-19-20-6-2-1-3-15(12)20/h1-6,8-9,14H,7,18H2. The summed E-state index contributed by atoms with van der Waals surface area (Å²) in [6.07, 6.45) is 4.30. The molecule has 102 valence electrons. The minimum absolute atomic E-state index is 0.184. The molecular formula is C15H13BrFN3. The van der Waals surface area contributed by atoms with Gasteiger partial charge in [0, 0.05) is 22.3 Å². The van der Waals surface area contributed by atoms with Crippen molar-refractivity contribution < 1.29 is 4.39 Å². The molecular weight excluding hydrogens is 321 g/mol. The molecule has 1 aromatic carbocycles. The summed E-state index contributed by atoms with van der Waals surface area (Å²) in [6.45, 7) is 0. The van der Waals surface area contributed by atoms with Crippen molar-refractivity contribution in [2.75, 3.05) is 0 Å². The van der Waals surface area contributed by atoms with Crippen LogP contribution in [0.2, 0.25) is 0 Å². The molecule has 3 nitrogen and oxygen atoms in total. The zero-order chi connectivity index (χ0) is 14.1. The van der Waals surface area contributed by atoms with Crippen LogP contribution >= 0.6 is 15.9 Å². The molecule has 0 radical (unpaired) electrons. The highest BCUT2D eigenvalue weighted by Crippen LogP contribution is 2.25. The predicted molar refractivity (Wildman–Crippen MR) is 79.9 cm³/mol. The van der Waals surface area contributed by atoms with Gasteiger partial charge in [-0.25, -0.2) is 8.91 Å². The first-order valence-electron chi connectivity index (χ1n) is 6.27. The lowest BCUT2D eigenvalue weighted by Crippen LogP contribution is -2.13. The highest BCUT2D eigenvalue weighted by atomic mass is 79.9. The van der Waals surface area contributed by atoms with Crippen molar-refractivity contribution in [2.45, 2.75) is 12.5 Å². The van der Waals surface area contributed by atoms with E-state index in [-0.39, 0.29) is 11.9 Å². The Balaban J connectivity index is 1.91. The summed E-state index contributed by atoms with van der Waals surface area (Å²) < 4.78 is 15.6. The summed E-state index contributed by atoms with van der Waals surface area (Å²) >= 11 is 3.37. The first kappa shape index (κ1) is 13.3. The number of fused-ring (bicyclic) bond motifs is 1. The van der Waals surface area contributed by atoms with Crippen LogP contribution < -0.4 is 5.73 Å². The molecule has 0 aliphatic rings. The van der Waals surface area contributed by atoms with Gasteiger partial charge in [0.15, 0.2) is 0 Å². The molecule has 5 heteroatoms. The lowest BCUT2D eigenvalue weighted by Gasteiger charge is -2.12. The average molecular weight is 334 g/mol. The highest BCUT2D eigenvalue weighted by Gasteiger charge is 2.14. The van der Waals surface area contributed by atoms with Gasteiger partial charge in [-0.2, -0.15) is 5.10 Å². The van der Waals surface area contributed by atoms with E-state index in [0.717, 1.165) is 21.1 Å². The summed E-state index contributed by atoms with van der Waals surface area (Å²) in [5, 5.41) is 4.28. The van der Waals surface area contributed by atoms with Gasteiger partial charge in [-0.1, -0.05) is 28.1 Å². The zero-order valence-electron chi connectivity index (χ0n) is 10.6. The second kappa shape index (κ2) is 5.34. The molecule has 2 N–H and O–H groups in total. The quantitative estimate of drug-likeness (QED) is 0.797. The Bertz CT molecular complexity index is 754. The van der Waals surface area contributed by atoms with Gasteiger partial charge in [0.2, 0.25) is 0 Å². The molecule has 0 spiro atoms. The predicted octanol–water partition coefficient (Wildman–Crippen LogP) is 3.48. The fourth-order valence-corrected chi connectivity index (χ4v) is 2.79. The third-order valence-corrected chi connectivity index (χ3v) is 4.05. The summed E-state index contributed by atoms with van der Waals surface area (Å²) in [4.78, 5) is 0. The van der Waals surface area contributed by atoms with Crippen LogP contribution in [0, 0.1) is 5.82 Å². The van der Waals surface area contributed by atoms with Crippen LogP contribution in [-0.4, -0.2) is 9.61 Å². The molecule has 1 unspecified atom stereocenters. The molecule has 0 bridgehead atoms. The topological polar surface area (TPSA) is 43.3 Å². The Morgan fingerprint density at radius 3 is 2.95 bits per heavy atom. The lowest BCUT2D eigenvalue weighted by molar-refractivity contribution is 0.624. The van der Waals surface area contributed by atoms with Gasteiger partial charge in [0.05, 0.1) is 11.7 Å². The molecule has 1 atom stereocenters. The van der Waals surface area contributed by atoms with E-state index in [1.165, 1.54) is 12.1 Å². The molecule has 0 saturated carbocycles. The molecule has 3 rings (SSSR count). The molecule has 2 heterocycles. The molecule has 2 aromatic heterocycles. The third-order valence-electron chi connectivity index (χ3n) is 3.31. The van der Waals surface area contributed by atoms with Gasteiger partial charge in [-0.05, 0) is 36.2 Å². The third kappa shape index (κ3) is 2.46.